The molecule has 1 saturated heterocycles. The summed E-state index contributed by atoms with van der Waals surface area (Å²) < 4.78 is 43.1. The average molecular weight is 405 g/mol. The van der Waals surface area contributed by atoms with E-state index in [1.165, 1.54) is 0 Å². The Balaban J connectivity index is 2.88. The van der Waals surface area contributed by atoms with E-state index < -0.39 is 57.5 Å². The molecule has 150 valence electrons. The molecule has 10 nitrogen and oxygen atoms in total. The quantitative estimate of drug-likeness (QED) is 0.179. The lowest BCUT2D eigenvalue weighted by Gasteiger charge is -2.40. The Labute approximate surface area is 149 Å². The molecule has 0 aromatic heterocycles. The average Bonchev–Trinajstić information content (AvgIpc) is 2.55. The molecule has 1 aliphatic heterocycles. The van der Waals surface area contributed by atoms with Gasteiger partial charge in [0, 0.05) is 5.75 Å². The molecule has 0 aromatic carbocycles. The van der Waals surface area contributed by atoms with Crippen molar-refractivity contribution in [2.75, 3.05) is 12.4 Å². The third-order valence-electron chi connectivity index (χ3n) is 3.79. The Bertz CT molecular complexity index is 526. The molecular formula is C13H27NO9S2. The van der Waals surface area contributed by atoms with Crippen LogP contribution in [0.4, 0.5) is 0 Å². The van der Waals surface area contributed by atoms with Crippen molar-refractivity contribution in [1.82, 2.24) is 0 Å². The largest absolute Gasteiger partial charge is 0.420 e. The predicted octanol–water partition coefficient (Wildman–Crippen LogP) is -0.707. The van der Waals surface area contributed by atoms with E-state index in [9.17, 15) is 28.8 Å². The third-order valence-corrected chi connectivity index (χ3v) is 6.05. The molecule has 0 saturated carbocycles. The molecule has 0 aliphatic carbocycles. The maximum Gasteiger partial charge on any atom is 0.420 e. The van der Waals surface area contributed by atoms with Gasteiger partial charge in [0.2, 0.25) is 0 Å². The smallest absolute Gasteiger partial charge is 0.394 e. The van der Waals surface area contributed by atoms with E-state index in [-0.39, 0.29) is 0 Å². The van der Waals surface area contributed by atoms with Crippen LogP contribution in [0.25, 0.3) is 0 Å². The second-order valence-corrected chi connectivity index (χ2v) is 8.62. The number of unbranched alkanes of at least 4 members (excludes halogenated alkanes) is 4. The van der Waals surface area contributed by atoms with Crippen molar-refractivity contribution in [3.05, 3.63) is 0 Å². The first-order valence-corrected chi connectivity index (χ1v) is 10.9. The first-order chi connectivity index (χ1) is 11.7. The fourth-order valence-electron chi connectivity index (χ4n) is 2.42. The molecule has 6 unspecified atom stereocenters. The summed E-state index contributed by atoms with van der Waals surface area (Å²) >= 11 is 0. The first kappa shape index (κ1) is 22.9. The van der Waals surface area contributed by atoms with Crippen molar-refractivity contribution in [3.63, 3.8) is 0 Å². The van der Waals surface area contributed by atoms with Gasteiger partial charge in [0.25, 0.3) is 0 Å². The number of nitrogens with zero attached hydrogens (tertiary/aromatic N) is 1. The zero-order valence-electron chi connectivity index (χ0n) is 14.0. The summed E-state index contributed by atoms with van der Waals surface area (Å²) in [5.74, 6) is 0.294. The molecule has 0 bridgehead atoms. The van der Waals surface area contributed by atoms with E-state index in [1.807, 2.05) is 0 Å². The molecule has 1 rings (SSSR count). The fraction of sp³-hybridized carbons (Fsp3) is 1.00. The van der Waals surface area contributed by atoms with Crippen LogP contribution in [-0.2, 0) is 30.1 Å². The Kier molecular flexibility index (Phi) is 9.92. The molecule has 6 atom stereocenters. The normalized spacial score (nSPS) is 32.0. The number of ether oxygens (including phenoxy) is 1. The van der Waals surface area contributed by atoms with Crippen LogP contribution in [0.3, 0.4) is 0 Å². The van der Waals surface area contributed by atoms with Crippen LogP contribution in [0.5, 0.6) is 0 Å². The Morgan fingerprint density at radius 3 is 2.28 bits per heavy atom. The van der Waals surface area contributed by atoms with E-state index in [0.717, 1.165) is 25.7 Å². The summed E-state index contributed by atoms with van der Waals surface area (Å²) in [5, 5.41) is 39.0. The van der Waals surface area contributed by atoms with E-state index in [4.69, 9.17) is 9.29 Å². The molecule has 1 fully saturated rings. The minimum atomic E-state index is -4.82. The van der Waals surface area contributed by atoms with Gasteiger partial charge < -0.3 is 25.2 Å². The van der Waals surface area contributed by atoms with Crippen LogP contribution in [0.1, 0.15) is 39.0 Å². The Hall–Kier alpha value is -0.180. The Morgan fingerprint density at radius 2 is 1.72 bits per heavy atom. The molecule has 0 aromatic rings. The highest BCUT2D eigenvalue weighted by Crippen LogP contribution is 2.25. The van der Waals surface area contributed by atoms with E-state index >= 15 is 0 Å². The van der Waals surface area contributed by atoms with Gasteiger partial charge in [-0.1, -0.05) is 41.4 Å². The topological polar surface area (TPSA) is 166 Å². The lowest BCUT2D eigenvalue weighted by atomic mass is 10.0. The fourth-order valence-corrected chi connectivity index (χ4v) is 4.68. The van der Waals surface area contributed by atoms with Crippen molar-refractivity contribution < 1.29 is 42.4 Å². The van der Waals surface area contributed by atoms with Gasteiger partial charge in [-0.25, -0.2) is 0 Å². The van der Waals surface area contributed by atoms with Crippen LogP contribution in [-0.4, -0.2) is 75.6 Å². The van der Waals surface area contributed by atoms with Gasteiger partial charge in [0.1, 0.15) is 29.9 Å². The summed E-state index contributed by atoms with van der Waals surface area (Å²) in [7, 11) is -6.16. The lowest BCUT2D eigenvalue weighted by molar-refractivity contribution is -0.206. The van der Waals surface area contributed by atoms with Crippen LogP contribution >= 0.6 is 0 Å². The monoisotopic (exact) mass is 405 g/mol. The van der Waals surface area contributed by atoms with Gasteiger partial charge in [0.05, 0.1) is 6.61 Å². The highest BCUT2D eigenvalue weighted by molar-refractivity contribution is 7.88. The number of rotatable bonds is 10. The molecule has 1 aliphatic rings. The van der Waals surface area contributed by atoms with Crippen molar-refractivity contribution >= 4 is 21.1 Å². The maximum atomic E-state index is 10.8. The molecule has 0 amide bonds. The molecule has 1 heterocycles. The van der Waals surface area contributed by atoms with Crippen molar-refractivity contribution in [2.45, 2.75) is 68.9 Å². The van der Waals surface area contributed by atoms with E-state index in [2.05, 4.69) is 15.7 Å². The minimum absolute atomic E-state index is 0.294. The summed E-state index contributed by atoms with van der Waals surface area (Å²) in [6, 6.07) is 0. The van der Waals surface area contributed by atoms with Crippen molar-refractivity contribution in [1.29, 1.82) is 0 Å². The molecular weight excluding hydrogens is 378 g/mol. The second kappa shape index (κ2) is 10.8. The summed E-state index contributed by atoms with van der Waals surface area (Å²) in [5.41, 5.74) is -1.18. The highest BCUT2D eigenvalue weighted by Gasteiger charge is 2.45. The van der Waals surface area contributed by atoms with Crippen molar-refractivity contribution in [3.8, 4) is 0 Å². The second-order valence-electron chi connectivity index (χ2n) is 5.79. The first-order valence-electron chi connectivity index (χ1n) is 8.08. The number of aliphatic hydroxyl groups excluding tert-OH is 4. The summed E-state index contributed by atoms with van der Waals surface area (Å²) in [6.07, 6.45) is -1.24. The van der Waals surface area contributed by atoms with Gasteiger partial charge in [-0.15, -0.1) is 0 Å². The molecule has 12 heteroatoms. The van der Waals surface area contributed by atoms with Crippen LogP contribution in [0.2, 0.25) is 0 Å². The Morgan fingerprint density at radius 1 is 1.08 bits per heavy atom. The van der Waals surface area contributed by atoms with Gasteiger partial charge in [-0.3, -0.25) is 4.55 Å². The van der Waals surface area contributed by atoms with Crippen LogP contribution in [0.15, 0.2) is 4.53 Å². The highest BCUT2D eigenvalue weighted by atomic mass is 32.3. The van der Waals surface area contributed by atoms with Gasteiger partial charge in [-0.05, 0) is 17.1 Å². The minimum Gasteiger partial charge on any atom is -0.394 e. The van der Waals surface area contributed by atoms with Crippen molar-refractivity contribution in [2.24, 2.45) is 4.53 Å². The summed E-state index contributed by atoms with van der Waals surface area (Å²) in [6.45, 7) is 1.46. The molecule has 0 spiro atoms. The molecule has 25 heavy (non-hydrogen) atoms. The van der Waals surface area contributed by atoms with E-state index in [1.54, 1.807) is 0 Å². The van der Waals surface area contributed by atoms with Gasteiger partial charge >= 0.3 is 10.4 Å². The zero-order valence-corrected chi connectivity index (χ0v) is 15.6. The molecule has 5 N–H and O–H groups in total. The van der Waals surface area contributed by atoms with Gasteiger partial charge in [0.15, 0.2) is 0 Å². The summed E-state index contributed by atoms with van der Waals surface area (Å²) in [4.78, 5) is 0. The van der Waals surface area contributed by atoms with Crippen LogP contribution < -0.4 is 0 Å². The van der Waals surface area contributed by atoms with Gasteiger partial charge in [-0.2, -0.15) is 8.42 Å². The lowest BCUT2D eigenvalue weighted by Crippen LogP contribution is -2.59. The number of aliphatic hydroxyl groups is 4. The number of hydrogen-bond acceptors (Lipinski definition) is 9. The third kappa shape index (κ3) is 7.53. The SMILES string of the molecule is CCCCCCCS(=NOS(=O)(=O)O)C1OC(CO)C(O)C(O)C1O. The van der Waals surface area contributed by atoms with E-state index in [0.29, 0.717) is 12.2 Å². The standard InChI is InChI=1S/C13H27NO9S2/c1-2-3-4-5-6-7-24(14-23-25(19,20)21)13-12(18)11(17)10(16)9(8-15)22-13/h9-13,15-18H,2-8H2,1H3,(H,19,20,21). The van der Waals surface area contributed by atoms with Crippen LogP contribution in [0, 0.1) is 0 Å². The molecule has 0 radical (unpaired) electrons. The maximum absolute atomic E-state index is 10.8. The predicted molar refractivity (Wildman–Crippen MR) is 89.8 cm³/mol. The zero-order chi connectivity index (χ0) is 19.0. The number of hydrogen-bond donors (Lipinski definition) is 5.